The molecule has 0 radical (unpaired) electrons. The Labute approximate surface area is 103 Å². The summed E-state index contributed by atoms with van der Waals surface area (Å²) in [4.78, 5) is 9.97. The van der Waals surface area contributed by atoms with Gasteiger partial charge in [0.05, 0.1) is 4.92 Å². The zero-order valence-corrected chi connectivity index (χ0v) is 11.1. The average Bonchev–Trinajstić information content (AvgIpc) is 2.36. The standard InChI is InChI=1S/C9H12NO5PS/c1-14-16(13,15-2)17-7-8-3-5-9(6-4-8)10(11)12/h3-6H,7H2,1-2H3. The predicted octanol–water partition coefficient (Wildman–Crippen LogP) is 3.23. The summed E-state index contributed by atoms with van der Waals surface area (Å²) in [5.41, 5.74) is 0.843. The Bertz CT molecular complexity index is 428. The van der Waals surface area contributed by atoms with Crippen LogP contribution in [0.5, 0.6) is 0 Å². The second-order valence-electron chi connectivity index (χ2n) is 3.01. The molecular formula is C9H12NO5PS. The van der Waals surface area contributed by atoms with Gasteiger partial charge >= 0.3 is 6.80 Å². The van der Waals surface area contributed by atoms with Crippen LogP contribution in [0.4, 0.5) is 5.69 Å². The lowest BCUT2D eigenvalue weighted by atomic mass is 10.2. The molecule has 0 bridgehead atoms. The van der Waals surface area contributed by atoms with Gasteiger partial charge in [-0.25, -0.2) is 4.57 Å². The fourth-order valence-electron chi connectivity index (χ4n) is 1.05. The van der Waals surface area contributed by atoms with Crippen molar-refractivity contribution in [2.75, 3.05) is 14.2 Å². The molecule has 0 saturated heterocycles. The maximum Gasteiger partial charge on any atom is 0.388 e. The molecule has 0 fully saturated rings. The highest BCUT2D eigenvalue weighted by Crippen LogP contribution is 2.60. The Balaban J connectivity index is 2.64. The van der Waals surface area contributed by atoms with E-state index in [0.717, 1.165) is 16.9 Å². The molecule has 1 aromatic rings. The first-order valence-corrected chi connectivity index (χ1v) is 7.73. The van der Waals surface area contributed by atoms with Gasteiger partial charge in [0.1, 0.15) is 0 Å². The molecule has 1 aromatic carbocycles. The highest BCUT2D eigenvalue weighted by Gasteiger charge is 2.21. The van der Waals surface area contributed by atoms with Crippen molar-refractivity contribution >= 4 is 23.9 Å². The first-order chi connectivity index (χ1) is 8.00. The van der Waals surface area contributed by atoms with Crippen molar-refractivity contribution in [1.29, 1.82) is 0 Å². The minimum Gasteiger partial charge on any atom is -0.304 e. The van der Waals surface area contributed by atoms with Crippen LogP contribution in [0.25, 0.3) is 0 Å². The van der Waals surface area contributed by atoms with Gasteiger partial charge in [-0.05, 0) is 16.9 Å². The first-order valence-electron chi connectivity index (χ1n) is 4.60. The van der Waals surface area contributed by atoms with E-state index in [0.29, 0.717) is 5.75 Å². The molecule has 0 spiro atoms. The molecule has 1 rings (SSSR count). The zero-order valence-electron chi connectivity index (χ0n) is 9.36. The SMILES string of the molecule is COP(=O)(OC)SCc1ccc([N+](=O)[O-])cc1. The lowest BCUT2D eigenvalue weighted by Gasteiger charge is -2.11. The third-order valence-corrected chi connectivity index (χ3v) is 5.89. The third-order valence-electron chi connectivity index (χ3n) is 1.98. The van der Waals surface area contributed by atoms with E-state index < -0.39 is 11.7 Å². The van der Waals surface area contributed by atoms with Gasteiger partial charge in [-0.15, -0.1) is 0 Å². The summed E-state index contributed by atoms with van der Waals surface area (Å²) >= 11 is 1.03. The molecule has 0 atom stereocenters. The topological polar surface area (TPSA) is 78.7 Å². The normalized spacial score (nSPS) is 11.4. The van der Waals surface area contributed by atoms with Crippen LogP contribution in [0.15, 0.2) is 24.3 Å². The van der Waals surface area contributed by atoms with Crippen LogP contribution < -0.4 is 0 Å². The van der Waals surface area contributed by atoms with Crippen LogP contribution >= 0.6 is 18.2 Å². The smallest absolute Gasteiger partial charge is 0.304 e. The number of non-ortho nitro benzene ring substituents is 1. The minimum atomic E-state index is -3.09. The van der Waals surface area contributed by atoms with Crippen LogP contribution in [0.1, 0.15) is 5.56 Å². The third kappa shape index (κ3) is 4.12. The zero-order chi connectivity index (χ0) is 12.9. The number of nitrogens with zero attached hydrogens (tertiary/aromatic N) is 1. The summed E-state index contributed by atoms with van der Waals surface area (Å²) in [7, 11) is 2.63. The van der Waals surface area contributed by atoms with Gasteiger partial charge in [0.15, 0.2) is 0 Å². The van der Waals surface area contributed by atoms with Gasteiger partial charge < -0.3 is 9.05 Å². The van der Waals surface area contributed by atoms with Crippen molar-refractivity contribution in [3.63, 3.8) is 0 Å². The Morgan fingerprint density at radius 3 is 2.24 bits per heavy atom. The largest absolute Gasteiger partial charge is 0.388 e. The van der Waals surface area contributed by atoms with Crippen molar-refractivity contribution < 1.29 is 18.5 Å². The molecule has 6 nitrogen and oxygen atoms in total. The summed E-state index contributed by atoms with van der Waals surface area (Å²) < 4.78 is 21.2. The van der Waals surface area contributed by atoms with Gasteiger partial charge in [-0.1, -0.05) is 12.1 Å². The Morgan fingerprint density at radius 1 is 1.29 bits per heavy atom. The molecular weight excluding hydrogens is 265 g/mol. The monoisotopic (exact) mass is 277 g/mol. The van der Waals surface area contributed by atoms with Crippen molar-refractivity contribution in [2.45, 2.75) is 5.75 Å². The number of rotatable bonds is 6. The Hall–Kier alpha value is -0.880. The summed E-state index contributed by atoms with van der Waals surface area (Å²) in [5.74, 6) is 0.400. The number of nitro groups is 1. The molecule has 0 heterocycles. The number of hydrogen-bond acceptors (Lipinski definition) is 6. The van der Waals surface area contributed by atoms with Gasteiger partial charge in [0.25, 0.3) is 5.69 Å². The van der Waals surface area contributed by atoms with Crippen LogP contribution in [0.3, 0.4) is 0 Å². The minimum absolute atomic E-state index is 0.0282. The van der Waals surface area contributed by atoms with Gasteiger partial charge in [0.2, 0.25) is 0 Å². The molecule has 0 aliphatic carbocycles. The van der Waals surface area contributed by atoms with E-state index in [1.54, 1.807) is 12.1 Å². The quantitative estimate of drug-likeness (QED) is 0.451. The fourth-order valence-corrected chi connectivity index (χ4v) is 3.46. The molecule has 0 aliphatic heterocycles. The van der Waals surface area contributed by atoms with Crippen LogP contribution in [0, 0.1) is 10.1 Å². The van der Waals surface area contributed by atoms with E-state index in [1.165, 1.54) is 26.4 Å². The van der Waals surface area contributed by atoms with Crippen molar-refractivity contribution in [3.05, 3.63) is 39.9 Å². The van der Waals surface area contributed by atoms with Gasteiger partial charge in [0, 0.05) is 32.1 Å². The second-order valence-corrected chi connectivity index (χ2v) is 7.30. The molecule has 94 valence electrons. The molecule has 0 saturated carbocycles. The van der Waals surface area contributed by atoms with Crippen LogP contribution in [-0.2, 0) is 19.4 Å². The lowest BCUT2D eigenvalue weighted by molar-refractivity contribution is -0.384. The molecule has 0 aromatic heterocycles. The van der Waals surface area contributed by atoms with Crippen molar-refractivity contribution in [2.24, 2.45) is 0 Å². The predicted molar refractivity (Wildman–Crippen MR) is 66.0 cm³/mol. The molecule has 17 heavy (non-hydrogen) atoms. The highest BCUT2D eigenvalue weighted by atomic mass is 32.7. The molecule has 0 N–H and O–H groups in total. The van der Waals surface area contributed by atoms with E-state index >= 15 is 0 Å². The summed E-state index contributed by atoms with van der Waals surface area (Å²) in [6.07, 6.45) is 0. The molecule has 0 amide bonds. The van der Waals surface area contributed by atoms with Crippen LogP contribution in [-0.4, -0.2) is 19.1 Å². The molecule has 0 unspecified atom stereocenters. The number of hydrogen-bond donors (Lipinski definition) is 0. The maximum absolute atomic E-state index is 11.7. The Morgan fingerprint density at radius 2 is 1.82 bits per heavy atom. The van der Waals surface area contributed by atoms with Gasteiger partial charge in [-0.2, -0.15) is 0 Å². The fraction of sp³-hybridized carbons (Fsp3) is 0.333. The molecule has 8 heteroatoms. The molecule has 0 aliphatic rings. The van der Waals surface area contributed by atoms with E-state index in [2.05, 4.69) is 0 Å². The van der Waals surface area contributed by atoms with E-state index in [-0.39, 0.29) is 5.69 Å². The lowest BCUT2D eigenvalue weighted by Crippen LogP contribution is -1.89. The average molecular weight is 277 g/mol. The van der Waals surface area contributed by atoms with Crippen molar-refractivity contribution in [3.8, 4) is 0 Å². The Kier molecular flexibility index (Phi) is 5.14. The summed E-state index contributed by atoms with van der Waals surface area (Å²) in [6.45, 7) is -3.09. The second kappa shape index (κ2) is 6.16. The number of benzene rings is 1. The highest BCUT2D eigenvalue weighted by molar-refractivity contribution is 8.54. The van der Waals surface area contributed by atoms with Crippen LogP contribution in [0.2, 0.25) is 0 Å². The maximum atomic E-state index is 11.7. The number of nitro benzene ring substituents is 1. The van der Waals surface area contributed by atoms with E-state index in [4.69, 9.17) is 9.05 Å². The summed E-state index contributed by atoms with van der Waals surface area (Å²) in [6, 6.07) is 6.03. The van der Waals surface area contributed by atoms with Gasteiger partial charge in [-0.3, -0.25) is 10.1 Å². The van der Waals surface area contributed by atoms with Crippen molar-refractivity contribution in [1.82, 2.24) is 0 Å². The van der Waals surface area contributed by atoms with E-state index in [1.807, 2.05) is 0 Å². The first kappa shape index (κ1) is 14.2. The van der Waals surface area contributed by atoms with E-state index in [9.17, 15) is 14.7 Å². The summed E-state index contributed by atoms with van der Waals surface area (Å²) in [5, 5.41) is 10.4.